The molecule has 2 nitrogen and oxygen atoms in total. The van der Waals surface area contributed by atoms with Gasteiger partial charge in [0.25, 0.3) is 0 Å². The molecule has 2 aromatic rings. The van der Waals surface area contributed by atoms with Gasteiger partial charge >= 0.3 is 0 Å². The molecule has 1 aromatic carbocycles. The Morgan fingerprint density at radius 2 is 2.12 bits per heavy atom. The van der Waals surface area contributed by atoms with Crippen LogP contribution in [0.1, 0.15) is 20.3 Å². The van der Waals surface area contributed by atoms with E-state index in [0.717, 1.165) is 17.9 Å². The van der Waals surface area contributed by atoms with Gasteiger partial charge in [0.15, 0.2) is 0 Å². The Labute approximate surface area is 106 Å². The molecular formula is C14H17NOS. The monoisotopic (exact) mass is 247 g/mol. The molecule has 1 heterocycles. The second kappa shape index (κ2) is 5.92. The standard InChI is InChI=1S/C14H17NOS/c1-3-9-17-14-12-7-8-15-10-11(12)5-6-13(14)16-4-2/h5-8,10H,3-4,9H2,1-2H3. The summed E-state index contributed by atoms with van der Waals surface area (Å²) in [7, 11) is 0. The van der Waals surface area contributed by atoms with Gasteiger partial charge in [0.05, 0.1) is 11.5 Å². The van der Waals surface area contributed by atoms with Crippen molar-refractivity contribution < 1.29 is 4.74 Å². The lowest BCUT2D eigenvalue weighted by Gasteiger charge is -2.12. The summed E-state index contributed by atoms with van der Waals surface area (Å²) < 4.78 is 5.70. The number of rotatable bonds is 5. The molecule has 0 radical (unpaired) electrons. The minimum atomic E-state index is 0.705. The first kappa shape index (κ1) is 12.2. The second-order valence-corrected chi connectivity index (χ2v) is 4.88. The summed E-state index contributed by atoms with van der Waals surface area (Å²) in [6.07, 6.45) is 4.91. The zero-order chi connectivity index (χ0) is 12.1. The van der Waals surface area contributed by atoms with Crippen LogP contribution in [0.25, 0.3) is 10.8 Å². The average molecular weight is 247 g/mol. The van der Waals surface area contributed by atoms with Crippen molar-refractivity contribution in [1.82, 2.24) is 4.98 Å². The molecule has 0 fully saturated rings. The maximum Gasteiger partial charge on any atom is 0.133 e. The van der Waals surface area contributed by atoms with Gasteiger partial charge in [-0.15, -0.1) is 11.8 Å². The predicted octanol–water partition coefficient (Wildman–Crippen LogP) is 4.14. The number of ether oxygens (including phenoxy) is 1. The van der Waals surface area contributed by atoms with E-state index in [1.165, 1.54) is 15.7 Å². The summed E-state index contributed by atoms with van der Waals surface area (Å²) in [6.45, 7) is 4.92. The van der Waals surface area contributed by atoms with Gasteiger partial charge in [0.2, 0.25) is 0 Å². The number of hydrogen-bond acceptors (Lipinski definition) is 3. The number of nitrogens with zero attached hydrogens (tertiary/aromatic N) is 1. The van der Waals surface area contributed by atoms with Crippen molar-refractivity contribution in [1.29, 1.82) is 0 Å². The Morgan fingerprint density at radius 1 is 1.24 bits per heavy atom. The number of pyridine rings is 1. The van der Waals surface area contributed by atoms with E-state index in [4.69, 9.17) is 4.74 Å². The number of thioether (sulfide) groups is 1. The third kappa shape index (κ3) is 2.72. The van der Waals surface area contributed by atoms with Crippen molar-refractivity contribution in [3.63, 3.8) is 0 Å². The minimum absolute atomic E-state index is 0.705. The Hall–Kier alpha value is -1.22. The highest BCUT2D eigenvalue weighted by molar-refractivity contribution is 7.99. The molecule has 0 N–H and O–H groups in total. The van der Waals surface area contributed by atoms with Crippen LogP contribution in [0.2, 0.25) is 0 Å². The van der Waals surface area contributed by atoms with E-state index in [1.807, 2.05) is 37.1 Å². The van der Waals surface area contributed by atoms with Gasteiger partial charge in [0, 0.05) is 23.2 Å². The van der Waals surface area contributed by atoms with Gasteiger partial charge in [-0.3, -0.25) is 4.98 Å². The molecule has 0 aliphatic carbocycles. The van der Waals surface area contributed by atoms with Crippen LogP contribution in [0.15, 0.2) is 35.5 Å². The molecule has 0 aliphatic heterocycles. The Kier molecular flexibility index (Phi) is 4.26. The number of hydrogen-bond donors (Lipinski definition) is 0. The van der Waals surface area contributed by atoms with Crippen LogP contribution >= 0.6 is 11.8 Å². The lowest BCUT2D eigenvalue weighted by atomic mass is 10.2. The van der Waals surface area contributed by atoms with Gasteiger partial charge < -0.3 is 4.74 Å². The predicted molar refractivity (Wildman–Crippen MR) is 73.9 cm³/mol. The van der Waals surface area contributed by atoms with E-state index in [9.17, 15) is 0 Å². The lowest BCUT2D eigenvalue weighted by molar-refractivity contribution is 0.333. The van der Waals surface area contributed by atoms with Crippen LogP contribution < -0.4 is 4.74 Å². The third-order valence-electron chi connectivity index (χ3n) is 2.48. The van der Waals surface area contributed by atoms with Gasteiger partial charge in [0.1, 0.15) is 5.75 Å². The second-order valence-electron chi connectivity index (χ2n) is 3.77. The van der Waals surface area contributed by atoms with Crippen LogP contribution in [-0.2, 0) is 0 Å². The largest absolute Gasteiger partial charge is 0.493 e. The highest BCUT2D eigenvalue weighted by atomic mass is 32.2. The van der Waals surface area contributed by atoms with E-state index in [-0.39, 0.29) is 0 Å². The highest BCUT2D eigenvalue weighted by Crippen LogP contribution is 2.36. The highest BCUT2D eigenvalue weighted by Gasteiger charge is 2.08. The molecule has 0 unspecified atom stereocenters. The van der Waals surface area contributed by atoms with E-state index in [0.29, 0.717) is 6.61 Å². The molecule has 0 bridgehead atoms. The van der Waals surface area contributed by atoms with E-state index in [1.54, 1.807) is 0 Å². The summed E-state index contributed by atoms with van der Waals surface area (Å²) in [5.74, 6) is 2.10. The quantitative estimate of drug-likeness (QED) is 0.741. The SMILES string of the molecule is CCCSc1c(OCC)ccc2cnccc12. The average Bonchev–Trinajstić information content (AvgIpc) is 2.37. The van der Waals surface area contributed by atoms with Crippen molar-refractivity contribution in [2.75, 3.05) is 12.4 Å². The Balaban J connectivity index is 2.49. The molecule has 0 aliphatic rings. The van der Waals surface area contributed by atoms with E-state index >= 15 is 0 Å². The smallest absolute Gasteiger partial charge is 0.133 e. The molecular weight excluding hydrogens is 230 g/mol. The van der Waals surface area contributed by atoms with Gasteiger partial charge in [-0.1, -0.05) is 6.92 Å². The third-order valence-corrected chi connectivity index (χ3v) is 3.81. The molecule has 90 valence electrons. The molecule has 0 spiro atoms. The summed E-state index contributed by atoms with van der Waals surface area (Å²) in [4.78, 5) is 5.40. The number of fused-ring (bicyclic) bond motifs is 1. The van der Waals surface area contributed by atoms with Crippen molar-refractivity contribution >= 4 is 22.5 Å². The summed E-state index contributed by atoms with van der Waals surface area (Å²) in [5.41, 5.74) is 0. The first-order chi connectivity index (χ1) is 8.36. The molecule has 2 rings (SSSR count). The maximum atomic E-state index is 5.70. The lowest BCUT2D eigenvalue weighted by Crippen LogP contribution is -1.94. The van der Waals surface area contributed by atoms with E-state index in [2.05, 4.69) is 24.0 Å². The molecule has 0 atom stereocenters. The Morgan fingerprint density at radius 3 is 2.88 bits per heavy atom. The zero-order valence-electron chi connectivity index (χ0n) is 10.3. The van der Waals surface area contributed by atoms with Crippen molar-refractivity contribution in [2.24, 2.45) is 0 Å². The van der Waals surface area contributed by atoms with Crippen LogP contribution in [0.4, 0.5) is 0 Å². The minimum Gasteiger partial charge on any atom is -0.493 e. The number of benzene rings is 1. The molecule has 17 heavy (non-hydrogen) atoms. The van der Waals surface area contributed by atoms with Gasteiger partial charge in [-0.2, -0.15) is 0 Å². The van der Waals surface area contributed by atoms with Crippen molar-refractivity contribution in [3.05, 3.63) is 30.6 Å². The molecule has 0 saturated heterocycles. The summed E-state index contributed by atoms with van der Waals surface area (Å²) >= 11 is 1.86. The Bertz CT molecular complexity index is 499. The first-order valence-corrected chi connectivity index (χ1v) is 6.97. The van der Waals surface area contributed by atoms with Crippen molar-refractivity contribution in [2.45, 2.75) is 25.2 Å². The fraction of sp³-hybridized carbons (Fsp3) is 0.357. The summed E-state index contributed by atoms with van der Waals surface area (Å²) in [6, 6.07) is 6.19. The van der Waals surface area contributed by atoms with Crippen LogP contribution in [-0.4, -0.2) is 17.3 Å². The molecule has 0 amide bonds. The number of aromatic nitrogens is 1. The van der Waals surface area contributed by atoms with Crippen molar-refractivity contribution in [3.8, 4) is 5.75 Å². The van der Waals surface area contributed by atoms with Gasteiger partial charge in [-0.05, 0) is 37.3 Å². The zero-order valence-corrected chi connectivity index (χ0v) is 11.1. The first-order valence-electron chi connectivity index (χ1n) is 5.99. The van der Waals surface area contributed by atoms with E-state index < -0.39 is 0 Å². The van der Waals surface area contributed by atoms with Crippen LogP contribution in [0, 0.1) is 0 Å². The normalized spacial score (nSPS) is 10.7. The molecule has 1 aromatic heterocycles. The van der Waals surface area contributed by atoms with Crippen LogP contribution in [0.5, 0.6) is 5.75 Å². The van der Waals surface area contributed by atoms with Crippen LogP contribution in [0.3, 0.4) is 0 Å². The molecule has 3 heteroatoms. The van der Waals surface area contributed by atoms with Gasteiger partial charge in [-0.25, -0.2) is 0 Å². The summed E-state index contributed by atoms with van der Waals surface area (Å²) in [5, 5.41) is 2.42. The maximum absolute atomic E-state index is 5.70. The fourth-order valence-corrected chi connectivity index (χ4v) is 2.76. The fourth-order valence-electron chi connectivity index (χ4n) is 1.74. The topological polar surface area (TPSA) is 22.1 Å². The molecule has 0 saturated carbocycles.